The number of aromatic nitrogens is 5. The van der Waals surface area contributed by atoms with Crippen molar-refractivity contribution in [3.8, 4) is 22.6 Å². The van der Waals surface area contributed by atoms with Gasteiger partial charge in [0.25, 0.3) is 5.91 Å². The van der Waals surface area contributed by atoms with Gasteiger partial charge in [-0.05, 0) is 42.8 Å². The minimum Gasteiger partial charge on any atom is -0.344 e. The first-order valence-electron chi connectivity index (χ1n) is 9.45. The number of hydrogen-bond acceptors (Lipinski definition) is 5. The van der Waals surface area contributed by atoms with Crippen molar-refractivity contribution < 1.29 is 9.18 Å². The van der Waals surface area contributed by atoms with Crippen molar-refractivity contribution in [2.45, 2.75) is 13.0 Å². The predicted molar refractivity (Wildman–Crippen MR) is 115 cm³/mol. The Labute approximate surface area is 183 Å². The molecule has 0 unspecified atom stereocenters. The average molecular weight is 437 g/mol. The fourth-order valence-electron chi connectivity index (χ4n) is 3.04. The zero-order valence-corrected chi connectivity index (χ0v) is 17.5. The summed E-state index contributed by atoms with van der Waals surface area (Å²) in [6.45, 7) is 1.76. The van der Waals surface area contributed by atoms with Gasteiger partial charge in [-0.15, -0.1) is 0 Å². The van der Waals surface area contributed by atoms with Crippen molar-refractivity contribution in [3.05, 3.63) is 83.3 Å². The topological polar surface area (TPSA) is 85.6 Å². The van der Waals surface area contributed by atoms with Gasteiger partial charge in [0.15, 0.2) is 5.82 Å². The molecule has 0 aliphatic carbocycles. The van der Waals surface area contributed by atoms with Crippen LogP contribution in [0.15, 0.2) is 61.1 Å². The number of nitrogens with zero attached hydrogens (tertiary/aromatic N) is 5. The summed E-state index contributed by atoms with van der Waals surface area (Å²) >= 11 is 6.00. The summed E-state index contributed by atoms with van der Waals surface area (Å²) in [6, 6.07) is 11.2. The molecule has 156 valence electrons. The molecule has 0 bridgehead atoms. The van der Waals surface area contributed by atoms with Crippen LogP contribution < -0.4 is 5.32 Å². The highest BCUT2D eigenvalue weighted by atomic mass is 35.5. The van der Waals surface area contributed by atoms with Gasteiger partial charge in [-0.3, -0.25) is 9.48 Å². The van der Waals surface area contributed by atoms with Crippen molar-refractivity contribution in [2.75, 3.05) is 0 Å². The average Bonchev–Trinajstić information content (AvgIpc) is 3.20. The van der Waals surface area contributed by atoms with Crippen LogP contribution in [0.1, 0.15) is 29.0 Å². The Bertz CT molecular complexity index is 1240. The molecule has 1 amide bonds. The maximum absolute atomic E-state index is 13.4. The summed E-state index contributed by atoms with van der Waals surface area (Å²) in [7, 11) is 1.79. The summed E-state index contributed by atoms with van der Waals surface area (Å²) in [6.07, 6.45) is 4.76. The molecule has 0 fully saturated rings. The van der Waals surface area contributed by atoms with Gasteiger partial charge in [0.2, 0.25) is 5.95 Å². The molecule has 0 spiro atoms. The van der Waals surface area contributed by atoms with E-state index in [0.717, 1.165) is 5.56 Å². The zero-order valence-electron chi connectivity index (χ0n) is 16.8. The van der Waals surface area contributed by atoms with Crippen molar-refractivity contribution in [1.29, 1.82) is 0 Å². The lowest BCUT2D eigenvalue weighted by atomic mass is 10.1. The third kappa shape index (κ3) is 4.75. The fourth-order valence-corrected chi connectivity index (χ4v) is 3.16. The summed E-state index contributed by atoms with van der Waals surface area (Å²) in [5.41, 5.74) is 2.81. The number of nitrogens with one attached hydrogen (secondary N) is 1. The van der Waals surface area contributed by atoms with Gasteiger partial charge in [-0.1, -0.05) is 23.7 Å². The second-order valence-electron chi connectivity index (χ2n) is 6.98. The van der Waals surface area contributed by atoms with Gasteiger partial charge in [-0.2, -0.15) is 9.49 Å². The van der Waals surface area contributed by atoms with Crippen LogP contribution in [0.25, 0.3) is 22.6 Å². The van der Waals surface area contributed by atoms with Crippen LogP contribution >= 0.6 is 11.6 Å². The lowest BCUT2D eigenvalue weighted by molar-refractivity contribution is 0.0934. The number of carbonyl (C=O) groups excluding carboxylic acids is 1. The van der Waals surface area contributed by atoms with Crippen molar-refractivity contribution in [1.82, 2.24) is 30.0 Å². The summed E-state index contributed by atoms with van der Waals surface area (Å²) in [4.78, 5) is 25.6. The molecule has 3 heterocycles. The zero-order chi connectivity index (χ0) is 22.0. The van der Waals surface area contributed by atoms with E-state index in [2.05, 4.69) is 25.4 Å². The fraction of sp³-hybridized carbons (Fsp3) is 0.136. The molecule has 0 aliphatic rings. The maximum Gasteiger partial charge on any atom is 0.270 e. The molecular weight excluding hydrogens is 419 g/mol. The lowest BCUT2D eigenvalue weighted by Crippen LogP contribution is -2.28. The molecule has 1 atom stereocenters. The van der Waals surface area contributed by atoms with Crippen LogP contribution in [0.4, 0.5) is 4.39 Å². The number of halogens is 2. The van der Waals surface area contributed by atoms with E-state index in [1.807, 2.05) is 12.1 Å². The number of aryl methyl sites for hydroxylation is 1. The maximum atomic E-state index is 13.4. The number of hydrogen-bond donors (Lipinski definition) is 1. The number of carbonyl (C=O) groups is 1. The second-order valence-corrected chi connectivity index (χ2v) is 7.42. The van der Waals surface area contributed by atoms with E-state index in [1.54, 1.807) is 55.3 Å². The largest absolute Gasteiger partial charge is 0.344 e. The van der Waals surface area contributed by atoms with Gasteiger partial charge >= 0.3 is 0 Å². The smallest absolute Gasteiger partial charge is 0.270 e. The molecule has 1 N–H and O–H groups in total. The number of benzene rings is 1. The molecule has 31 heavy (non-hydrogen) atoms. The van der Waals surface area contributed by atoms with E-state index in [4.69, 9.17) is 11.6 Å². The Balaban J connectivity index is 1.70. The minimum atomic E-state index is -0.607. The van der Waals surface area contributed by atoms with Crippen molar-refractivity contribution in [3.63, 3.8) is 0 Å². The molecule has 7 nitrogen and oxygen atoms in total. The monoisotopic (exact) mass is 436 g/mol. The number of amides is 1. The summed E-state index contributed by atoms with van der Waals surface area (Å²) in [5.74, 6) is -0.648. The second kappa shape index (κ2) is 8.61. The van der Waals surface area contributed by atoms with Crippen LogP contribution in [0.2, 0.25) is 5.02 Å². The third-order valence-electron chi connectivity index (χ3n) is 4.66. The van der Waals surface area contributed by atoms with E-state index >= 15 is 0 Å². The Hall–Kier alpha value is -3.65. The first-order chi connectivity index (χ1) is 14.9. The Morgan fingerprint density at radius 3 is 2.58 bits per heavy atom. The Morgan fingerprint density at radius 2 is 1.90 bits per heavy atom. The highest BCUT2D eigenvalue weighted by Crippen LogP contribution is 2.24. The Kier molecular flexibility index (Phi) is 5.73. The van der Waals surface area contributed by atoms with E-state index in [1.165, 1.54) is 12.3 Å². The van der Waals surface area contributed by atoms with E-state index in [9.17, 15) is 9.18 Å². The highest BCUT2D eigenvalue weighted by molar-refractivity contribution is 6.30. The summed E-state index contributed by atoms with van der Waals surface area (Å²) in [5, 5.41) is 7.60. The van der Waals surface area contributed by atoms with Gasteiger partial charge in [0.05, 0.1) is 23.5 Å². The van der Waals surface area contributed by atoms with Crippen LogP contribution in [-0.2, 0) is 7.05 Å². The minimum absolute atomic E-state index is 0.181. The first kappa shape index (κ1) is 20.6. The molecule has 0 saturated heterocycles. The van der Waals surface area contributed by atoms with Gasteiger partial charge in [0, 0.05) is 30.0 Å². The SMILES string of the molecule is C[C@H](NC(=O)c1cc(-c2ccc(Cl)cc2)nc(-c2cnn(C)c2)n1)c1ccnc(F)c1. The van der Waals surface area contributed by atoms with E-state index < -0.39 is 17.9 Å². The molecule has 4 rings (SSSR count). The molecule has 0 saturated carbocycles. The standard InChI is InChI=1S/C22H18ClFN6O/c1-13(15-7-8-25-20(24)9-15)27-22(31)19-10-18(14-3-5-17(23)6-4-14)28-21(29-19)16-11-26-30(2)12-16/h3-13H,1-2H3,(H,27,31)/t13-/m0/s1. The molecule has 0 radical (unpaired) electrons. The summed E-state index contributed by atoms with van der Waals surface area (Å²) < 4.78 is 15.1. The first-order valence-corrected chi connectivity index (χ1v) is 9.83. The van der Waals surface area contributed by atoms with Crippen LogP contribution in [0, 0.1) is 5.95 Å². The number of rotatable bonds is 5. The third-order valence-corrected chi connectivity index (χ3v) is 4.91. The molecule has 3 aromatic heterocycles. The molecule has 9 heteroatoms. The van der Waals surface area contributed by atoms with Crippen LogP contribution in [0.5, 0.6) is 0 Å². The molecule has 1 aromatic carbocycles. The van der Waals surface area contributed by atoms with Crippen molar-refractivity contribution in [2.24, 2.45) is 7.05 Å². The lowest BCUT2D eigenvalue weighted by Gasteiger charge is -2.15. The van der Waals surface area contributed by atoms with Gasteiger partial charge in [0.1, 0.15) is 5.69 Å². The van der Waals surface area contributed by atoms with E-state index in [0.29, 0.717) is 27.7 Å². The van der Waals surface area contributed by atoms with Crippen molar-refractivity contribution >= 4 is 17.5 Å². The molecule has 0 aliphatic heterocycles. The number of pyridine rings is 1. The predicted octanol–water partition coefficient (Wildman–Crippen LogP) is 4.22. The molecular formula is C22H18ClFN6O. The Morgan fingerprint density at radius 1 is 1.13 bits per heavy atom. The van der Waals surface area contributed by atoms with Crippen LogP contribution in [-0.4, -0.2) is 30.6 Å². The quantitative estimate of drug-likeness (QED) is 0.473. The normalized spacial score (nSPS) is 11.9. The van der Waals surface area contributed by atoms with Gasteiger partial charge < -0.3 is 5.32 Å². The molecule has 4 aromatic rings. The van der Waals surface area contributed by atoms with Crippen LogP contribution in [0.3, 0.4) is 0 Å². The highest BCUT2D eigenvalue weighted by Gasteiger charge is 2.18. The van der Waals surface area contributed by atoms with E-state index in [-0.39, 0.29) is 5.69 Å². The van der Waals surface area contributed by atoms with Gasteiger partial charge in [-0.25, -0.2) is 15.0 Å².